The molecule has 0 amide bonds. The Bertz CT molecular complexity index is 4770. The van der Waals surface area contributed by atoms with E-state index in [1.54, 1.807) is 134 Å². The second kappa shape index (κ2) is 38.9. The van der Waals surface area contributed by atoms with Crippen molar-refractivity contribution in [3.05, 3.63) is 202 Å². The van der Waals surface area contributed by atoms with Crippen LogP contribution in [0.4, 0.5) is 0 Å². The number of fused-ring (bicyclic) bond motifs is 10. The second-order valence-corrected chi connectivity index (χ2v) is 34.3. The monoisotopic (exact) mass is 1760 g/mol. The van der Waals surface area contributed by atoms with Gasteiger partial charge in [-0.05, 0) is 105 Å². The molecule has 2 saturated heterocycles. The quantitative estimate of drug-likeness (QED) is 0.0110. The zero-order chi connectivity index (χ0) is 89.9. The maximum atomic E-state index is 15.8. The van der Waals surface area contributed by atoms with Crippen molar-refractivity contribution in [3.63, 3.8) is 0 Å². The fourth-order valence-electron chi connectivity index (χ4n) is 20.1. The molecule has 4 bridgehead atoms. The number of carbonyl (C=O) groups excluding carboxylic acids is 10. The number of ketones is 2. The molecule has 0 unspecified atom stereocenters. The van der Waals surface area contributed by atoms with Crippen LogP contribution in [0.1, 0.15) is 165 Å². The lowest BCUT2D eigenvalue weighted by Crippen LogP contribution is -2.82. The number of ether oxygens (including phenoxy) is 13. The van der Waals surface area contributed by atoms with Crippen molar-refractivity contribution in [1.29, 1.82) is 0 Å². The molecule has 32 heteroatoms. The van der Waals surface area contributed by atoms with Gasteiger partial charge in [-0.15, -0.1) is 12.4 Å². The SMILES string of the molecule is CC(=O)O[C@H]1C(=O)[C@@]2(C)[C@H]([C@H](OC(=O)c3ccccc3)[C@]3(O)C[C@H](OC(=O)[C@H](O)[C@@H](N)c4ccccc4)C(C)=C1C3(C)C)[C@]1(OC(C)=O)CO[C@@H]1C[C@@H]2O.CCOCl.CN[C@@H](c1ccccc1)[C@@H](OCOCc1ccccc1)C(=O)O[C@H]1C[C@@]2(O)[C@@H](OC(=O)c3ccccc3)[C@@H]3[C@]4(OC(C)=O)CO[C@@H]4C[C@H](OC)[C@@]3(C)C(=O)[C@H](OC(C)=O)C(=C1C)C2(C)C.Cl. The molecule has 124 heavy (non-hydrogen) atoms. The largest absolute Gasteiger partial charge is 0.456 e. The molecular formula is C92H112Cl2N2O28. The number of rotatable bonds is 24. The summed E-state index contributed by atoms with van der Waals surface area (Å²) < 4.78 is 83.4. The number of hydrogen-bond donors (Lipinski definition) is 6. The molecule has 0 spiro atoms. The second-order valence-electron chi connectivity index (χ2n) is 34.1. The highest BCUT2D eigenvalue weighted by atomic mass is 35.5. The summed E-state index contributed by atoms with van der Waals surface area (Å²) in [6.45, 7) is 19.1. The van der Waals surface area contributed by atoms with Gasteiger partial charge in [-0.2, -0.15) is 0 Å². The Morgan fingerprint density at radius 2 is 0.960 bits per heavy atom. The molecule has 8 aliphatic rings. The van der Waals surface area contributed by atoms with Gasteiger partial charge in [0.15, 0.2) is 47.2 Å². The Morgan fingerprint density at radius 1 is 0.565 bits per heavy atom. The van der Waals surface area contributed by atoms with Crippen LogP contribution in [0.5, 0.6) is 0 Å². The first-order valence-corrected chi connectivity index (χ1v) is 41.2. The van der Waals surface area contributed by atoms with E-state index in [0.717, 1.165) is 19.4 Å². The van der Waals surface area contributed by atoms with E-state index in [1.165, 1.54) is 40.0 Å². The minimum atomic E-state index is -2.32. The molecule has 4 saturated carbocycles. The van der Waals surface area contributed by atoms with Crippen molar-refractivity contribution in [1.82, 2.24) is 5.32 Å². The van der Waals surface area contributed by atoms with Crippen LogP contribution >= 0.6 is 24.3 Å². The van der Waals surface area contributed by atoms with Gasteiger partial charge in [0.2, 0.25) is 0 Å². The fourth-order valence-corrected chi connectivity index (χ4v) is 20.1. The van der Waals surface area contributed by atoms with Crippen molar-refractivity contribution in [2.24, 2.45) is 39.2 Å². The van der Waals surface area contributed by atoms with Crippen LogP contribution in [-0.4, -0.2) is 216 Å². The number of Topliss-reactive ketones (excluding diaryl/α,β-unsaturated/α-hetero) is 2. The minimum absolute atomic E-state index is 0. The first kappa shape index (κ1) is 97.0. The first-order valence-electron chi connectivity index (χ1n) is 40.9. The van der Waals surface area contributed by atoms with Crippen LogP contribution in [0.3, 0.4) is 0 Å². The predicted octanol–water partition coefficient (Wildman–Crippen LogP) is 9.24. The van der Waals surface area contributed by atoms with E-state index in [1.807, 2.05) is 67.6 Å². The number of hydrogen-bond acceptors (Lipinski definition) is 30. The number of benzene rings is 5. The average Bonchev–Trinajstić information content (AvgIpc) is 0.676. The summed E-state index contributed by atoms with van der Waals surface area (Å²) in [5, 5.41) is 53.6. The Hall–Kier alpha value is -9.22. The third-order valence-corrected chi connectivity index (χ3v) is 26.7. The topological polar surface area (TPSA) is 419 Å². The molecule has 6 fully saturated rings. The maximum absolute atomic E-state index is 15.8. The van der Waals surface area contributed by atoms with Gasteiger partial charge in [-0.25, -0.2) is 19.2 Å². The minimum Gasteiger partial charge on any atom is -0.456 e. The van der Waals surface area contributed by atoms with E-state index in [0.29, 0.717) is 23.3 Å². The predicted molar refractivity (Wildman–Crippen MR) is 445 cm³/mol. The molecule has 2 heterocycles. The molecule has 2 aliphatic heterocycles. The van der Waals surface area contributed by atoms with Crippen molar-refractivity contribution in [2.75, 3.05) is 40.8 Å². The Balaban J connectivity index is 0.000000250. The number of aliphatic hydroxyl groups excluding tert-OH is 2. The van der Waals surface area contributed by atoms with E-state index in [-0.39, 0.29) is 79.7 Å². The molecule has 13 rings (SSSR count). The summed E-state index contributed by atoms with van der Waals surface area (Å²) in [4.78, 5) is 140. The van der Waals surface area contributed by atoms with Crippen LogP contribution in [0, 0.1) is 33.5 Å². The Morgan fingerprint density at radius 3 is 1.35 bits per heavy atom. The highest BCUT2D eigenvalue weighted by Crippen LogP contribution is 2.67. The van der Waals surface area contributed by atoms with Gasteiger partial charge in [-0.3, -0.25) is 33.1 Å². The van der Waals surface area contributed by atoms with E-state index >= 15 is 9.59 Å². The molecule has 0 radical (unpaired) electrons. The molecule has 5 aromatic rings. The maximum Gasteiger partial charge on any atom is 0.338 e. The zero-order valence-electron chi connectivity index (χ0n) is 72.0. The lowest BCUT2D eigenvalue weighted by atomic mass is 9.44. The lowest BCUT2D eigenvalue weighted by Gasteiger charge is -2.67. The third-order valence-electron chi connectivity index (χ3n) is 26.5. The van der Waals surface area contributed by atoms with E-state index in [9.17, 15) is 58.8 Å². The van der Waals surface area contributed by atoms with Crippen molar-refractivity contribution in [3.8, 4) is 0 Å². The van der Waals surface area contributed by atoms with Crippen LogP contribution in [0.2, 0.25) is 0 Å². The molecule has 30 nitrogen and oxygen atoms in total. The number of nitrogens with one attached hydrogen (secondary N) is 1. The summed E-state index contributed by atoms with van der Waals surface area (Å²) in [5.74, 6) is -11.2. The summed E-state index contributed by atoms with van der Waals surface area (Å²) >= 11 is 4.69. The van der Waals surface area contributed by atoms with E-state index < -0.39 is 213 Å². The Kier molecular flexibility index (Phi) is 30.5. The van der Waals surface area contributed by atoms with E-state index in [4.69, 9.17) is 67.3 Å². The average molecular weight is 1760 g/mol. The standard InChI is InChI=1S/C50H59NO14.C40H47NO13.C2H5ClO.ClH/c1-29-35(63-46(56)41(39(51-7)33-20-14-10-15-21-33)61-28-59-26-32-18-12-9-13-19-32)25-50(57)44(64-45(55)34-22-16-11-17-23-34)42-48(6,43(54)40(62-30(2)52)38(29)47(50,4)5)36(58-8)24-37-49(42,27-60-37)65-31(3)53;1-20-25(52-36(48)30(45)29(41)23-13-9-7-10-14-23)18-40(49)34(53-35(47)24-15-11-8-12-16-24)32-38(6,26(44)17-27-39(32,19-50-27)54-22(3)43)33(46)31(51-21(2)42)28(20)37(40,4)5;1-2-4-3;/h9-23,35-37,39-42,44,51,57H,24-28H2,1-8H3;7-16,25-27,29-32,34,44-45,49H,17-19,41H2,1-6H3;2H2,1H3;1H/t35-,36-,37+,39-,40+,41+,42-,44-,48+,49-,50+;25-,26-,27+,29-,30+,31+,32-,34-,38+,39-,40+;;/m00../s1. The highest BCUT2D eigenvalue weighted by molar-refractivity contribution is 6.07. The van der Waals surface area contributed by atoms with E-state index in [2.05, 4.69) is 21.5 Å². The lowest BCUT2D eigenvalue weighted by molar-refractivity contribution is -0.347. The molecule has 672 valence electrons. The molecule has 7 N–H and O–H groups in total. The van der Waals surface area contributed by atoms with Gasteiger partial charge in [0.05, 0.1) is 96.4 Å². The summed E-state index contributed by atoms with van der Waals surface area (Å²) in [6.07, 6.45) is -18.2. The number of methoxy groups -OCH3 is 1. The van der Waals surface area contributed by atoms with Gasteiger partial charge in [0.25, 0.3) is 0 Å². The molecular weight excluding hydrogens is 1650 g/mol. The van der Waals surface area contributed by atoms with Gasteiger partial charge < -0.3 is 93.1 Å². The van der Waals surface area contributed by atoms with Gasteiger partial charge in [0, 0.05) is 71.3 Å². The first-order chi connectivity index (χ1) is 58.2. The molecule has 22 atom stereocenters. The number of esters is 8. The van der Waals surface area contributed by atoms with Crippen LogP contribution in [0.15, 0.2) is 174 Å². The number of nitrogens with two attached hydrogens (primary N) is 1. The number of likely N-dealkylation sites (N-methyl/N-ethyl adjacent to an activating group) is 1. The van der Waals surface area contributed by atoms with Crippen LogP contribution in [-0.2, 0) is 111 Å². The molecule has 5 aromatic carbocycles. The third kappa shape index (κ3) is 17.9. The number of halogens is 2. The van der Waals surface area contributed by atoms with Gasteiger partial charge >= 0.3 is 47.8 Å². The van der Waals surface area contributed by atoms with Crippen molar-refractivity contribution in [2.45, 2.75) is 230 Å². The highest BCUT2D eigenvalue weighted by Gasteiger charge is 2.81. The smallest absolute Gasteiger partial charge is 0.338 e. The van der Waals surface area contributed by atoms with Crippen LogP contribution in [0.25, 0.3) is 0 Å². The Labute approximate surface area is 731 Å². The summed E-state index contributed by atoms with van der Waals surface area (Å²) in [5.41, 5.74) is -5.66. The summed E-state index contributed by atoms with van der Waals surface area (Å²) in [7, 11) is 3.09. The van der Waals surface area contributed by atoms with Crippen molar-refractivity contribution >= 4 is 83.6 Å². The number of aliphatic hydroxyl groups is 4. The van der Waals surface area contributed by atoms with Gasteiger partial charge in [0.1, 0.15) is 54.6 Å². The van der Waals surface area contributed by atoms with Crippen molar-refractivity contribution < 1.29 is 134 Å². The zero-order valence-corrected chi connectivity index (χ0v) is 73.6. The molecule has 6 aliphatic carbocycles. The summed E-state index contributed by atoms with van der Waals surface area (Å²) in [6, 6.07) is 41.1. The van der Waals surface area contributed by atoms with Gasteiger partial charge in [-0.1, -0.05) is 155 Å². The normalized spacial score (nSPS) is 31.8. The fraction of sp³-hybridized carbons (Fsp3) is 0.522. The molecule has 0 aromatic heterocycles. The number of carbonyl (C=O) groups is 10. The van der Waals surface area contributed by atoms with Crippen LogP contribution < -0.4 is 11.1 Å².